The van der Waals surface area contributed by atoms with Gasteiger partial charge in [-0.05, 0) is 17.7 Å². The molecule has 0 aliphatic carbocycles. The normalized spacial score (nSPS) is 16.1. The standard InChI is InChI=1S/C18H16ClF4N3O2/c1-28-18(27)14(10-2-4-11(19)5-3-10)25-6-8-26(9-7-25)15-12(20)16(22)24-17(23)13(15)21/h2-5,14H,6-9H2,1H3. The molecule has 0 N–H and O–H groups in total. The van der Waals surface area contributed by atoms with Crippen molar-refractivity contribution in [1.82, 2.24) is 9.88 Å². The van der Waals surface area contributed by atoms with E-state index in [2.05, 4.69) is 4.98 Å². The molecule has 2 aromatic rings. The van der Waals surface area contributed by atoms with E-state index < -0.39 is 41.2 Å². The highest BCUT2D eigenvalue weighted by atomic mass is 35.5. The highest BCUT2D eigenvalue weighted by Crippen LogP contribution is 2.30. The molecule has 5 nitrogen and oxygen atoms in total. The van der Waals surface area contributed by atoms with Gasteiger partial charge in [0.2, 0.25) is 11.6 Å². The van der Waals surface area contributed by atoms with Crippen LogP contribution in [0.1, 0.15) is 11.6 Å². The summed E-state index contributed by atoms with van der Waals surface area (Å²) in [7, 11) is 1.26. The molecule has 0 saturated carbocycles. The lowest BCUT2D eigenvalue weighted by molar-refractivity contribution is -0.147. The fraction of sp³-hybridized carbons (Fsp3) is 0.333. The molecule has 1 aliphatic heterocycles. The molecule has 0 amide bonds. The number of halogens is 5. The van der Waals surface area contributed by atoms with Crippen molar-refractivity contribution in [1.29, 1.82) is 0 Å². The third-order valence-electron chi connectivity index (χ3n) is 4.58. The van der Waals surface area contributed by atoms with Crippen molar-refractivity contribution < 1.29 is 27.1 Å². The van der Waals surface area contributed by atoms with Crippen molar-refractivity contribution in [2.45, 2.75) is 6.04 Å². The van der Waals surface area contributed by atoms with Crippen molar-refractivity contribution in [3.05, 3.63) is 58.4 Å². The van der Waals surface area contributed by atoms with Gasteiger partial charge >= 0.3 is 5.97 Å². The first-order chi connectivity index (χ1) is 13.3. The van der Waals surface area contributed by atoms with E-state index >= 15 is 0 Å². The summed E-state index contributed by atoms with van der Waals surface area (Å²) in [5.41, 5.74) is -0.158. The number of pyridine rings is 1. The lowest BCUT2D eigenvalue weighted by Crippen LogP contribution is -2.50. The molecular formula is C18H16ClF4N3O2. The van der Waals surface area contributed by atoms with Crippen molar-refractivity contribution in [2.24, 2.45) is 0 Å². The van der Waals surface area contributed by atoms with Crippen molar-refractivity contribution in [2.75, 3.05) is 38.2 Å². The topological polar surface area (TPSA) is 45.7 Å². The summed E-state index contributed by atoms with van der Waals surface area (Å²) in [5.74, 6) is -7.01. The number of carbonyl (C=O) groups is 1. The number of aromatic nitrogens is 1. The number of esters is 1. The van der Waals surface area contributed by atoms with E-state index in [9.17, 15) is 22.4 Å². The Hall–Kier alpha value is -2.39. The predicted octanol–water partition coefficient (Wildman–Crippen LogP) is 3.33. The SMILES string of the molecule is COC(=O)C(c1ccc(Cl)cc1)N1CCN(c2c(F)c(F)nc(F)c2F)CC1. The molecule has 3 rings (SSSR count). The number of rotatable bonds is 4. The molecule has 1 aromatic heterocycles. The Morgan fingerprint density at radius 1 is 1.04 bits per heavy atom. The summed E-state index contributed by atoms with van der Waals surface area (Å²) >= 11 is 5.88. The molecule has 2 heterocycles. The number of anilines is 1. The number of carbonyl (C=O) groups excluding carboxylic acids is 1. The summed E-state index contributed by atoms with van der Waals surface area (Å²) in [6, 6.07) is 5.89. The Morgan fingerprint density at radius 2 is 1.57 bits per heavy atom. The van der Waals surface area contributed by atoms with Crippen LogP contribution in [0.15, 0.2) is 24.3 Å². The maximum atomic E-state index is 14.0. The molecule has 1 saturated heterocycles. The summed E-state index contributed by atoms with van der Waals surface area (Å²) in [6.07, 6.45) is 0. The molecule has 0 radical (unpaired) electrons. The van der Waals surface area contributed by atoms with Gasteiger partial charge in [-0.1, -0.05) is 23.7 Å². The fourth-order valence-electron chi connectivity index (χ4n) is 3.21. The maximum absolute atomic E-state index is 14.0. The van der Waals surface area contributed by atoms with Crippen molar-refractivity contribution in [3.63, 3.8) is 0 Å². The second-order valence-corrected chi connectivity index (χ2v) is 6.61. The third-order valence-corrected chi connectivity index (χ3v) is 4.83. The van der Waals surface area contributed by atoms with Crippen LogP contribution in [0.4, 0.5) is 23.2 Å². The minimum Gasteiger partial charge on any atom is -0.468 e. The largest absolute Gasteiger partial charge is 0.468 e. The molecular weight excluding hydrogens is 402 g/mol. The fourth-order valence-corrected chi connectivity index (χ4v) is 3.34. The van der Waals surface area contributed by atoms with Crippen LogP contribution in [0.3, 0.4) is 0 Å². The van der Waals surface area contributed by atoms with Crippen LogP contribution >= 0.6 is 11.6 Å². The van der Waals surface area contributed by atoms with Gasteiger partial charge in [0.25, 0.3) is 11.9 Å². The van der Waals surface area contributed by atoms with Crippen LogP contribution in [-0.2, 0) is 9.53 Å². The number of ether oxygens (including phenoxy) is 1. The smallest absolute Gasteiger partial charge is 0.327 e. The predicted molar refractivity (Wildman–Crippen MR) is 94.1 cm³/mol. The van der Waals surface area contributed by atoms with E-state index in [-0.39, 0.29) is 26.2 Å². The van der Waals surface area contributed by atoms with Crippen molar-refractivity contribution in [3.8, 4) is 0 Å². The monoisotopic (exact) mass is 417 g/mol. The summed E-state index contributed by atoms with van der Waals surface area (Å²) in [5, 5.41) is 0.505. The molecule has 1 atom stereocenters. The minimum atomic E-state index is -1.70. The Labute approximate surface area is 163 Å². The maximum Gasteiger partial charge on any atom is 0.327 e. The first-order valence-corrected chi connectivity index (χ1v) is 8.73. The van der Waals surface area contributed by atoms with Gasteiger partial charge in [-0.15, -0.1) is 0 Å². The van der Waals surface area contributed by atoms with E-state index in [0.717, 1.165) is 0 Å². The molecule has 1 aliphatic rings. The molecule has 150 valence electrons. The Balaban J connectivity index is 1.82. The highest BCUT2D eigenvalue weighted by Gasteiger charge is 2.33. The van der Waals surface area contributed by atoms with Gasteiger partial charge < -0.3 is 9.64 Å². The van der Waals surface area contributed by atoms with Crippen LogP contribution in [0.5, 0.6) is 0 Å². The lowest BCUT2D eigenvalue weighted by atomic mass is 10.0. The van der Waals surface area contributed by atoms with Crippen LogP contribution < -0.4 is 4.90 Å². The molecule has 10 heteroatoms. The average Bonchev–Trinajstić information content (AvgIpc) is 2.69. The average molecular weight is 418 g/mol. The van der Waals surface area contributed by atoms with E-state index in [1.54, 1.807) is 29.2 Å². The zero-order valence-electron chi connectivity index (χ0n) is 14.8. The highest BCUT2D eigenvalue weighted by molar-refractivity contribution is 6.30. The van der Waals surface area contributed by atoms with E-state index in [1.807, 2.05) is 0 Å². The Bertz CT molecular complexity index is 848. The molecule has 1 fully saturated rings. The van der Waals surface area contributed by atoms with Gasteiger partial charge in [-0.2, -0.15) is 22.5 Å². The van der Waals surface area contributed by atoms with Gasteiger partial charge in [-0.25, -0.2) is 4.79 Å². The zero-order valence-corrected chi connectivity index (χ0v) is 15.5. The quantitative estimate of drug-likeness (QED) is 0.434. The number of piperazine rings is 1. The van der Waals surface area contributed by atoms with Crippen LogP contribution in [0.2, 0.25) is 5.02 Å². The second-order valence-electron chi connectivity index (χ2n) is 6.17. The zero-order chi connectivity index (χ0) is 20.4. The van der Waals surface area contributed by atoms with E-state index in [4.69, 9.17) is 16.3 Å². The van der Waals surface area contributed by atoms with Crippen LogP contribution in [-0.4, -0.2) is 49.1 Å². The van der Waals surface area contributed by atoms with Gasteiger partial charge in [0.05, 0.1) is 7.11 Å². The van der Waals surface area contributed by atoms with Gasteiger partial charge in [-0.3, -0.25) is 4.90 Å². The molecule has 1 unspecified atom stereocenters. The number of hydrogen-bond donors (Lipinski definition) is 0. The van der Waals surface area contributed by atoms with E-state index in [1.165, 1.54) is 12.0 Å². The van der Waals surface area contributed by atoms with E-state index in [0.29, 0.717) is 10.6 Å². The first kappa shape index (κ1) is 20.3. The molecule has 28 heavy (non-hydrogen) atoms. The van der Waals surface area contributed by atoms with Gasteiger partial charge in [0.1, 0.15) is 11.7 Å². The Morgan fingerprint density at radius 3 is 2.07 bits per heavy atom. The second kappa shape index (κ2) is 8.32. The van der Waals surface area contributed by atoms with Crippen molar-refractivity contribution >= 4 is 23.3 Å². The molecule has 0 bridgehead atoms. The Kier molecular flexibility index (Phi) is 6.04. The van der Waals surface area contributed by atoms with Crippen LogP contribution in [0.25, 0.3) is 0 Å². The van der Waals surface area contributed by atoms with Gasteiger partial charge in [0, 0.05) is 31.2 Å². The molecule has 1 aromatic carbocycles. The first-order valence-electron chi connectivity index (χ1n) is 8.35. The number of nitrogens with zero attached hydrogens (tertiary/aromatic N) is 3. The number of methoxy groups -OCH3 is 1. The third kappa shape index (κ3) is 3.90. The van der Waals surface area contributed by atoms with Crippen LogP contribution in [0, 0.1) is 23.5 Å². The number of benzene rings is 1. The summed E-state index contributed by atoms with van der Waals surface area (Å²) in [6.45, 7) is 0.481. The lowest BCUT2D eigenvalue weighted by Gasteiger charge is -2.39. The summed E-state index contributed by atoms with van der Waals surface area (Å²) in [4.78, 5) is 17.8. The molecule has 0 spiro atoms. The minimum absolute atomic E-state index is 0.0395. The van der Waals surface area contributed by atoms with Gasteiger partial charge in [0.15, 0.2) is 0 Å². The summed E-state index contributed by atoms with van der Waals surface area (Å²) < 4.78 is 59.6. The number of hydrogen-bond acceptors (Lipinski definition) is 5.